The molecule has 8 nitrogen and oxygen atoms in total. The molecule has 0 fully saturated rings. The highest BCUT2D eigenvalue weighted by Gasteiger charge is 2.24. The van der Waals surface area contributed by atoms with Gasteiger partial charge in [-0.15, -0.1) is 21.5 Å². The zero-order chi connectivity index (χ0) is 23.5. The van der Waals surface area contributed by atoms with Gasteiger partial charge < -0.3 is 9.88 Å². The van der Waals surface area contributed by atoms with Gasteiger partial charge >= 0.3 is 0 Å². The lowest BCUT2D eigenvalue weighted by atomic mass is 9.88. The van der Waals surface area contributed by atoms with Crippen LogP contribution in [0.25, 0.3) is 11.4 Å². The Hall–Kier alpha value is -2.43. The molecule has 2 aromatic heterocycles. The molecule has 0 radical (unpaired) electrons. The summed E-state index contributed by atoms with van der Waals surface area (Å²) in [5, 5.41) is 25.6. The molecule has 2 heterocycles. The average Bonchev–Trinajstić information content (AvgIpc) is 3.37. The Morgan fingerprint density at radius 3 is 3.00 bits per heavy atom. The maximum Gasteiger partial charge on any atom is 0.271 e. The molecule has 3 aromatic rings. The van der Waals surface area contributed by atoms with Crippen molar-refractivity contribution in [2.75, 3.05) is 11.1 Å². The number of anilines is 1. The van der Waals surface area contributed by atoms with E-state index in [9.17, 15) is 14.9 Å². The van der Waals surface area contributed by atoms with Gasteiger partial charge in [0.05, 0.1) is 21.4 Å². The summed E-state index contributed by atoms with van der Waals surface area (Å²) in [5.74, 6) is 1.33. The van der Waals surface area contributed by atoms with Crippen LogP contribution in [-0.2, 0) is 24.2 Å². The van der Waals surface area contributed by atoms with Crippen LogP contribution in [0.3, 0.4) is 0 Å². The second-order valence-electron chi connectivity index (χ2n) is 8.12. The molecule has 0 bridgehead atoms. The predicted molar refractivity (Wildman–Crippen MR) is 132 cm³/mol. The second kappa shape index (κ2) is 10.2. The first-order valence-corrected chi connectivity index (χ1v) is 13.0. The van der Waals surface area contributed by atoms with Crippen molar-refractivity contribution in [3.8, 4) is 11.4 Å². The van der Waals surface area contributed by atoms with Crippen LogP contribution < -0.4 is 5.32 Å². The first-order valence-electron chi connectivity index (χ1n) is 10.8. The van der Waals surface area contributed by atoms with E-state index in [-0.39, 0.29) is 28.1 Å². The fourth-order valence-electron chi connectivity index (χ4n) is 3.92. The standard InChI is InChI=1S/C22H24ClN5O3S2/c1-3-8-27-21(16-11-32-19-9-13(2)4-6-15(16)19)25-26-22(27)33-12-20(29)24-18-10-14(28(30)31)5-7-17(18)23/h5,7,10-11,13H,3-4,6,8-9,12H2,1-2H3,(H,24,29). The van der Waals surface area contributed by atoms with Gasteiger partial charge in [-0.1, -0.05) is 37.2 Å². The molecular weight excluding hydrogens is 482 g/mol. The third-order valence-electron chi connectivity index (χ3n) is 5.57. The van der Waals surface area contributed by atoms with E-state index in [1.54, 1.807) is 11.3 Å². The van der Waals surface area contributed by atoms with Crippen molar-refractivity contribution in [2.24, 2.45) is 5.92 Å². The van der Waals surface area contributed by atoms with Gasteiger partial charge in [-0.05, 0) is 43.2 Å². The molecule has 1 atom stereocenters. The summed E-state index contributed by atoms with van der Waals surface area (Å²) in [4.78, 5) is 24.4. The summed E-state index contributed by atoms with van der Waals surface area (Å²) in [6.45, 7) is 5.15. The third kappa shape index (κ3) is 5.23. The fraction of sp³-hybridized carbons (Fsp3) is 0.409. The topological polar surface area (TPSA) is 103 Å². The third-order valence-corrected chi connectivity index (χ3v) is 7.92. The lowest BCUT2D eigenvalue weighted by molar-refractivity contribution is -0.384. The number of fused-ring (bicyclic) bond motifs is 1. The highest BCUT2D eigenvalue weighted by atomic mass is 35.5. The zero-order valence-electron chi connectivity index (χ0n) is 18.3. The van der Waals surface area contributed by atoms with Crippen LogP contribution >= 0.6 is 34.7 Å². The molecule has 1 aliphatic rings. The quantitative estimate of drug-likeness (QED) is 0.234. The number of nitrogens with zero attached hydrogens (tertiary/aromatic N) is 4. The average molecular weight is 506 g/mol. The molecule has 1 N–H and O–H groups in total. The van der Waals surface area contributed by atoms with Crippen molar-refractivity contribution in [1.82, 2.24) is 14.8 Å². The number of carbonyl (C=O) groups excluding carboxylic acids is 1. The molecule has 174 valence electrons. The number of carbonyl (C=O) groups is 1. The van der Waals surface area contributed by atoms with Crippen LogP contribution in [0.15, 0.2) is 28.7 Å². The zero-order valence-corrected chi connectivity index (χ0v) is 20.7. The molecule has 33 heavy (non-hydrogen) atoms. The van der Waals surface area contributed by atoms with E-state index in [0.29, 0.717) is 11.1 Å². The summed E-state index contributed by atoms with van der Waals surface area (Å²) >= 11 is 9.17. The van der Waals surface area contributed by atoms with Gasteiger partial charge in [0, 0.05) is 34.5 Å². The van der Waals surface area contributed by atoms with Crippen molar-refractivity contribution in [3.05, 3.63) is 49.2 Å². The lowest BCUT2D eigenvalue weighted by Gasteiger charge is -2.19. The molecule has 0 aliphatic heterocycles. The number of hydrogen-bond acceptors (Lipinski definition) is 7. The van der Waals surface area contributed by atoms with Crippen molar-refractivity contribution in [1.29, 1.82) is 0 Å². The SMILES string of the molecule is CCCn1c(SCC(=O)Nc2cc([N+](=O)[O-])ccc2Cl)nnc1-c1csc2c1CCC(C)C2. The van der Waals surface area contributed by atoms with E-state index >= 15 is 0 Å². The van der Waals surface area contributed by atoms with Crippen LogP contribution in [0.5, 0.6) is 0 Å². The number of rotatable bonds is 8. The Morgan fingerprint density at radius 1 is 1.42 bits per heavy atom. The summed E-state index contributed by atoms with van der Waals surface area (Å²) in [7, 11) is 0. The number of aromatic nitrogens is 3. The van der Waals surface area contributed by atoms with E-state index in [2.05, 4.69) is 39.3 Å². The van der Waals surface area contributed by atoms with E-state index in [0.717, 1.165) is 37.2 Å². The van der Waals surface area contributed by atoms with Crippen LogP contribution in [0.2, 0.25) is 5.02 Å². The van der Waals surface area contributed by atoms with Gasteiger partial charge in [-0.3, -0.25) is 14.9 Å². The Labute approximate surface area is 204 Å². The molecule has 1 amide bonds. The number of benzene rings is 1. The molecule has 4 rings (SSSR count). The number of hydrogen-bond donors (Lipinski definition) is 1. The number of amides is 1. The predicted octanol–water partition coefficient (Wildman–Crippen LogP) is 5.83. The molecule has 0 saturated heterocycles. The normalized spacial score (nSPS) is 15.3. The summed E-state index contributed by atoms with van der Waals surface area (Å²) in [5.41, 5.74) is 2.62. The Kier molecular flexibility index (Phi) is 7.35. The summed E-state index contributed by atoms with van der Waals surface area (Å²) in [6, 6.07) is 3.95. The molecule has 1 unspecified atom stereocenters. The monoisotopic (exact) mass is 505 g/mol. The first-order chi connectivity index (χ1) is 15.9. The first kappa shape index (κ1) is 23.7. The van der Waals surface area contributed by atoms with Gasteiger partial charge in [0.25, 0.3) is 5.69 Å². The molecule has 0 spiro atoms. The number of halogens is 1. The van der Waals surface area contributed by atoms with Crippen molar-refractivity contribution in [3.63, 3.8) is 0 Å². The number of nitro groups is 1. The summed E-state index contributed by atoms with van der Waals surface area (Å²) in [6.07, 6.45) is 4.27. The summed E-state index contributed by atoms with van der Waals surface area (Å²) < 4.78 is 2.08. The van der Waals surface area contributed by atoms with Crippen molar-refractivity contribution in [2.45, 2.75) is 51.2 Å². The second-order valence-corrected chi connectivity index (χ2v) is 10.4. The number of nitro benzene ring substituents is 1. The molecular formula is C22H24ClN5O3S2. The van der Waals surface area contributed by atoms with Crippen molar-refractivity contribution < 1.29 is 9.72 Å². The van der Waals surface area contributed by atoms with Gasteiger partial charge in [-0.2, -0.15) is 0 Å². The van der Waals surface area contributed by atoms with Crippen LogP contribution in [0.1, 0.15) is 37.1 Å². The highest BCUT2D eigenvalue weighted by Crippen LogP contribution is 2.38. The van der Waals surface area contributed by atoms with Crippen molar-refractivity contribution >= 4 is 52.0 Å². The minimum atomic E-state index is -0.528. The van der Waals surface area contributed by atoms with E-state index < -0.39 is 4.92 Å². The Balaban J connectivity index is 1.50. The minimum Gasteiger partial charge on any atom is -0.324 e. The number of nitrogens with one attached hydrogen (secondary N) is 1. The Bertz CT molecular complexity index is 1190. The maximum absolute atomic E-state index is 12.5. The maximum atomic E-state index is 12.5. The Morgan fingerprint density at radius 2 is 2.24 bits per heavy atom. The smallest absolute Gasteiger partial charge is 0.271 e. The largest absolute Gasteiger partial charge is 0.324 e. The molecule has 0 saturated carbocycles. The molecule has 1 aliphatic carbocycles. The minimum absolute atomic E-state index is 0.0835. The number of non-ortho nitro benzene ring substituents is 1. The van der Waals surface area contributed by atoms with Gasteiger partial charge in [0.1, 0.15) is 0 Å². The van der Waals surface area contributed by atoms with Crippen LogP contribution in [0, 0.1) is 16.0 Å². The van der Waals surface area contributed by atoms with Crippen LogP contribution in [0.4, 0.5) is 11.4 Å². The lowest BCUT2D eigenvalue weighted by Crippen LogP contribution is -2.15. The fourth-order valence-corrected chi connectivity index (χ4v) is 6.10. The van der Waals surface area contributed by atoms with Gasteiger partial charge in [0.2, 0.25) is 5.91 Å². The molecule has 1 aromatic carbocycles. The highest BCUT2D eigenvalue weighted by molar-refractivity contribution is 7.99. The van der Waals surface area contributed by atoms with Gasteiger partial charge in [-0.25, -0.2) is 0 Å². The number of thiophene rings is 1. The number of thioether (sulfide) groups is 1. The van der Waals surface area contributed by atoms with E-state index in [1.165, 1.54) is 46.8 Å². The van der Waals surface area contributed by atoms with Crippen LogP contribution in [-0.4, -0.2) is 31.3 Å². The van der Waals surface area contributed by atoms with Gasteiger partial charge in [0.15, 0.2) is 11.0 Å². The van der Waals surface area contributed by atoms with E-state index in [4.69, 9.17) is 11.6 Å². The molecule has 11 heteroatoms. The van der Waals surface area contributed by atoms with E-state index in [1.807, 2.05) is 0 Å².